The van der Waals surface area contributed by atoms with Gasteiger partial charge in [0.1, 0.15) is 12.6 Å². The zero-order valence-corrected chi connectivity index (χ0v) is 13.3. The van der Waals surface area contributed by atoms with E-state index in [1.165, 1.54) is 19.2 Å². The molecule has 8 nitrogen and oxygen atoms in total. The number of hydrogen-bond acceptors (Lipinski definition) is 5. The van der Waals surface area contributed by atoms with Crippen molar-refractivity contribution < 1.29 is 24.5 Å². The zero-order chi connectivity index (χ0) is 16.8. The van der Waals surface area contributed by atoms with Gasteiger partial charge in [-0.3, -0.25) is 14.9 Å². The van der Waals surface area contributed by atoms with Crippen molar-refractivity contribution >= 4 is 17.3 Å². The second-order valence-corrected chi connectivity index (χ2v) is 5.51. The number of quaternary nitrogens is 1. The lowest BCUT2D eigenvalue weighted by Gasteiger charge is -2.11. The molecular formula is C15H22N3O5+. The van der Waals surface area contributed by atoms with Crippen molar-refractivity contribution in [2.45, 2.75) is 25.9 Å². The van der Waals surface area contributed by atoms with Gasteiger partial charge in [0.2, 0.25) is 0 Å². The molecule has 1 saturated heterocycles. The molecule has 1 atom stereocenters. The molecule has 0 spiro atoms. The second kappa shape index (κ2) is 7.89. The summed E-state index contributed by atoms with van der Waals surface area (Å²) in [5.41, 5.74) is 1.01. The Balaban J connectivity index is 1.93. The average molecular weight is 324 g/mol. The monoisotopic (exact) mass is 324 g/mol. The molecule has 2 rings (SSSR count). The molecule has 0 aliphatic carbocycles. The van der Waals surface area contributed by atoms with Crippen molar-refractivity contribution in [2.75, 3.05) is 32.1 Å². The number of nitrogens with zero attached hydrogens (tertiary/aromatic N) is 1. The molecule has 23 heavy (non-hydrogen) atoms. The van der Waals surface area contributed by atoms with E-state index >= 15 is 0 Å². The lowest BCUT2D eigenvalue weighted by atomic mass is 10.1. The Labute approximate surface area is 134 Å². The van der Waals surface area contributed by atoms with Gasteiger partial charge < -0.3 is 20.1 Å². The number of nitro benzene ring substituents is 1. The number of anilines is 1. The Morgan fingerprint density at radius 1 is 1.57 bits per heavy atom. The molecule has 3 N–H and O–H groups in total. The summed E-state index contributed by atoms with van der Waals surface area (Å²) < 4.78 is 10.5. The minimum atomic E-state index is -0.507. The highest BCUT2D eigenvalue weighted by atomic mass is 16.6. The van der Waals surface area contributed by atoms with Crippen molar-refractivity contribution in [1.82, 2.24) is 0 Å². The van der Waals surface area contributed by atoms with Crippen LogP contribution in [0.5, 0.6) is 5.75 Å². The third-order valence-electron chi connectivity index (χ3n) is 3.78. The normalized spacial score (nSPS) is 17.0. The summed E-state index contributed by atoms with van der Waals surface area (Å²) in [4.78, 5) is 22.4. The van der Waals surface area contributed by atoms with E-state index < -0.39 is 4.92 Å². The van der Waals surface area contributed by atoms with E-state index in [-0.39, 0.29) is 30.0 Å². The largest absolute Gasteiger partial charge is 0.490 e. The van der Waals surface area contributed by atoms with Crippen LogP contribution in [0.15, 0.2) is 12.1 Å². The molecule has 0 saturated carbocycles. The Morgan fingerprint density at radius 2 is 2.35 bits per heavy atom. The molecule has 0 aromatic heterocycles. The van der Waals surface area contributed by atoms with Crippen LogP contribution in [0.1, 0.15) is 18.4 Å². The number of rotatable bonds is 7. The van der Waals surface area contributed by atoms with Crippen LogP contribution >= 0.6 is 0 Å². The average Bonchev–Trinajstić information content (AvgIpc) is 3.02. The molecule has 0 unspecified atom stereocenters. The maximum Gasteiger partial charge on any atom is 0.311 e. The molecule has 126 valence electrons. The van der Waals surface area contributed by atoms with Gasteiger partial charge in [0.15, 0.2) is 12.3 Å². The fourth-order valence-electron chi connectivity index (χ4n) is 2.55. The van der Waals surface area contributed by atoms with Crippen LogP contribution in [0.25, 0.3) is 0 Å². The summed E-state index contributed by atoms with van der Waals surface area (Å²) >= 11 is 0. The first-order valence-electron chi connectivity index (χ1n) is 7.57. The van der Waals surface area contributed by atoms with Gasteiger partial charge in [-0.1, -0.05) is 0 Å². The Kier molecular flexibility index (Phi) is 5.89. The predicted molar refractivity (Wildman–Crippen MR) is 83.6 cm³/mol. The van der Waals surface area contributed by atoms with E-state index in [9.17, 15) is 14.9 Å². The first-order valence-corrected chi connectivity index (χ1v) is 7.57. The van der Waals surface area contributed by atoms with Crippen LogP contribution in [0.4, 0.5) is 11.4 Å². The minimum Gasteiger partial charge on any atom is -0.490 e. The number of hydrogen-bond donors (Lipinski definition) is 2. The van der Waals surface area contributed by atoms with Crippen molar-refractivity contribution in [2.24, 2.45) is 0 Å². The minimum absolute atomic E-state index is 0.118. The van der Waals surface area contributed by atoms with Crippen LogP contribution < -0.4 is 15.4 Å². The molecule has 1 aromatic carbocycles. The number of carbonyl (C=O) groups is 1. The molecule has 8 heteroatoms. The van der Waals surface area contributed by atoms with Crippen LogP contribution in [0, 0.1) is 17.0 Å². The number of benzene rings is 1. The number of nitro groups is 1. The molecule has 1 amide bonds. The lowest BCUT2D eigenvalue weighted by molar-refractivity contribution is -0.649. The van der Waals surface area contributed by atoms with Crippen LogP contribution in [0.2, 0.25) is 0 Å². The van der Waals surface area contributed by atoms with E-state index in [1.807, 2.05) is 5.32 Å². The van der Waals surface area contributed by atoms with Gasteiger partial charge in [-0.15, -0.1) is 0 Å². The van der Waals surface area contributed by atoms with E-state index in [4.69, 9.17) is 9.47 Å². The molecule has 0 radical (unpaired) electrons. The van der Waals surface area contributed by atoms with Gasteiger partial charge in [0, 0.05) is 24.4 Å². The number of methoxy groups -OCH3 is 1. The summed E-state index contributed by atoms with van der Waals surface area (Å²) in [5.74, 6) is -0.0405. The molecule has 0 bridgehead atoms. The lowest BCUT2D eigenvalue weighted by Crippen LogP contribution is -2.88. The first kappa shape index (κ1) is 17.2. The Bertz CT molecular complexity index is 585. The number of carbonyl (C=O) groups excluding carboxylic acids is 1. The maximum absolute atomic E-state index is 12.0. The molecule has 1 aromatic rings. The zero-order valence-electron chi connectivity index (χ0n) is 13.3. The first-order chi connectivity index (χ1) is 11.0. The number of amides is 1. The Morgan fingerprint density at radius 3 is 2.96 bits per heavy atom. The van der Waals surface area contributed by atoms with Crippen molar-refractivity contribution in [3.8, 4) is 5.75 Å². The summed E-state index contributed by atoms with van der Waals surface area (Å²) in [6, 6.07) is 2.87. The molecule has 1 aliphatic heterocycles. The predicted octanol–water partition coefficient (Wildman–Crippen LogP) is 0.593. The fraction of sp³-hybridized carbons (Fsp3) is 0.533. The van der Waals surface area contributed by atoms with Gasteiger partial charge >= 0.3 is 5.69 Å². The van der Waals surface area contributed by atoms with Crippen molar-refractivity contribution in [1.29, 1.82) is 0 Å². The van der Waals surface area contributed by atoms with E-state index in [0.29, 0.717) is 11.3 Å². The highest BCUT2D eigenvalue weighted by Crippen LogP contribution is 2.32. The van der Waals surface area contributed by atoms with Crippen LogP contribution in [0.3, 0.4) is 0 Å². The maximum atomic E-state index is 12.0. The summed E-state index contributed by atoms with van der Waals surface area (Å²) in [7, 11) is 1.36. The second-order valence-electron chi connectivity index (χ2n) is 5.51. The number of aryl methyl sites for hydroxylation is 1. The fourth-order valence-corrected chi connectivity index (χ4v) is 2.55. The quantitative estimate of drug-likeness (QED) is 0.564. The Hall–Kier alpha value is -2.19. The summed E-state index contributed by atoms with van der Waals surface area (Å²) in [6.07, 6.45) is 2.34. The number of nitrogens with one attached hydrogen (secondary N) is 1. The van der Waals surface area contributed by atoms with E-state index in [1.54, 1.807) is 6.92 Å². The van der Waals surface area contributed by atoms with E-state index in [0.717, 1.165) is 26.0 Å². The van der Waals surface area contributed by atoms with Gasteiger partial charge in [-0.05, 0) is 25.3 Å². The molecule has 1 aliphatic rings. The summed E-state index contributed by atoms with van der Waals surface area (Å²) in [5, 5.41) is 15.6. The van der Waals surface area contributed by atoms with Gasteiger partial charge in [0.05, 0.1) is 12.0 Å². The van der Waals surface area contributed by atoms with Crippen LogP contribution in [-0.2, 0) is 9.53 Å². The van der Waals surface area contributed by atoms with Gasteiger partial charge in [-0.25, -0.2) is 0 Å². The van der Waals surface area contributed by atoms with Crippen molar-refractivity contribution in [3.05, 3.63) is 27.8 Å². The highest BCUT2D eigenvalue weighted by Gasteiger charge is 2.20. The smallest absolute Gasteiger partial charge is 0.311 e. The van der Waals surface area contributed by atoms with Gasteiger partial charge in [-0.2, -0.15) is 0 Å². The molecular weight excluding hydrogens is 302 g/mol. The topological polar surface area (TPSA) is 107 Å². The highest BCUT2D eigenvalue weighted by molar-refractivity contribution is 5.92. The summed E-state index contributed by atoms with van der Waals surface area (Å²) in [6.45, 7) is 3.54. The standard InChI is InChI=1S/C15H21N3O5/c1-10-6-13(18(20)21)14(22-2)7-12(10)17-15(19)9-16-8-11-4-3-5-23-11/h6-7,11,16H,3-5,8-9H2,1-2H3,(H,17,19)/p+1/t11-/m1/s1. The van der Waals surface area contributed by atoms with E-state index in [2.05, 4.69) is 5.32 Å². The molecule has 1 fully saturated rings. The van der Waals surface area contributed by atoms with Gasteiger partial charge in [0.25, 0.3) is 5.91 Å². The van der Waals surface area contributed by atoms with Crippen molar-refractivity contribution in [3.63, 3.8) is 0 Å². The third kappa shape index (κ3) is 4.64. The number of ether oxygens (including phenoxy) is 2. The SMILES string of the molecule is COc1cc(NC(=O)C[NH2+]C[C@H]2CCCO2)c(C)cc1[N+](=O)[O-]. The number of nitrogens with two attached hydrogens (primary N) is 1. The van der Waals surface area contributed by atoms with Crippen LogP contribution in [-0.4, -0.2) is 43.7 Å². The molecule has 1 heterocycles. The third-order valence-corrected chi connectivity index (χ3v) is 3.78.